The lowest BCUT2D eigenvalue weighted by Gasteiger charge is -2.36. The van der Waals surface area contributed by atoms with Crippen molar-refractivity contribution in [1.82, 2.24) is 24.4 Å². The molecule has 3 heterocycles. The monoisotopic (exact) mass is 407 g/mol. The summed E-state index contributed by atoms with van der Waals surface area (Å²) in [5, 5.41) is 8.19. The minimum Gasteiger partial charge on any atom is -0.331 e. The Morgan fingerprint density at radius 2 is 2.11 bits per heavy atom. The lowest BCUT2D eigenvalue weighted by Crippen LogP contribution is -2.50. The van der Waals surface area contributed by atoms with Crippen LogP contribution in [0.3, 0.4) is 0 Å². The normalized spacial score (nSPS) is 16.9. The highest BCUT2D eigenvalue weighted by atomic mass is 35.5. The van der Waals surface area contributed by atoms with Crippen LogP contribution in [0.1, 0.15) is 11.6 Å². The Balaban J connectivity index is 0.00000210. The summed E-state index contributed by atoms with van der Waals surface area (Å²) < 4.78 is 2.65. The van der Waals surface area contributed by atoms with E-state index >= 15 is 0 Å². The summed E-state index contributed by atoms with van der Waals surface area (Å²) in [6.45, 7) is 1.84. The van der Waals surface area contributed by atoms with E-state index < -0.39 is 0 Å². The zero-order valence-corrected chi connectivity index (χ0v) is 16.0. The van der Waals surface area contributed by atoms with Crippen LogP contribution < -0.4 is 11.0 Å². The van der Waals surface area contributed by atoms with Crippen molar-refractivity contribution in [2.75, 3.05) is 19.6 Å². The molecular formula is C18H19Cl2N5O2. The topological polar surface area (TPSA) is 71.6 Å². The molecule has 0 radical (unpaired) electrons. The minimum absolute atomic E-state index is 0. The molecule has 0 spiro atoms. The van der Waals surface area contributed by atoms with E-state index in [1.807, 2.05) is 24.3 Å². The molecule has 0 saturated carbocycles. The van der Waals surface area contributed by atoms with Gasteiger partial charge in [0.1, 0.15) is 6.54 Å². The summed E-state index contributed by atoms with van der Waals surface area (Å²) in [4.78, 5) is 27.1. The first-order valence-electron chi connectivity index (χ1n) is 8.43. The third-order valence-corrected chi connectivity index (χ3v) is 4.81. The van der Waals surface area contributed by atoms with E-state index in [4.69, 9.17) is 11.6 Å². The molecule has 3 aromatic rings. The maximum Gasteiger partial charge on any atom is 0.350 e. The molecule has 0 bridgehead atoms. The smallest absolute Gasteiger partial charge is 0.331 e. The highest BCUT2D eigenvalue weighted by molar-refractivity contribution is 6.30. The first-order chi connectivity index (χ1) is 12.6. The third kappa shape index (κ3) is 3.85. The number of carbonyl (C=O) groups is 1. The quantitative estimate of drug-likeness (QED) is 0.717. The molecule has 1 N–H and O–H groups in total. The zero-order valence-electron chi connectivity index (χ0n) is 14.4. The van der Waals surface area contributed by atoms with Gasteiger partial charge in [0.25, 0.3) is 0 Å². The number of fused-ring (bicyclic) bond motifs is 1. The molecule has 142 valence electrons. The predicted octanol–water partition coefficient (Wildman–Crippen LogP) is 1.74. The van der Waals surface area contributed by atoms with Gasteiger partial charge in [0.05, 0.1) is 6.04 Å². The van der Waals surface area contributed by atoms with E-state index in [0.29, 0.717) is 30.3 Å². The maximum atomic E-state index is 12.9. The van der Waals surface area contributed by atoms with Gasteiger partial charge in [-0.2, -0.15) is 0 Å². The van der Waals surface area contributed by atoms with Crippen LogP contribution in [0.5, 0.6) is 0 Å². The number of benzene rings is 1. The largest absolute Gasteiger partial charge is 0.350 e. The Morgan fingerprint density at radius 3 is 2.89 bits per heavy atom. The molecule has 1 fully saturated rings. The van der Waals surface area contributed by atoms with E-state index in [9.17, 15) is 9.59 Å². The van der Waals surface area contributed by atoms with E-state index in [0.717, 1.165) is 5.56 Å². The first-order valence-corrected chi connectivity index (χ1v) is 8.81. The Morgan fingerprint density at radius 1 is 1.26 bits per heavy atom. The van der Waals surface area contributed by atoms with Crippen LogP contribution in [0.4, 0.5) is 0 Å². The second kappa shape index (κ2) is 8.12. The molecule has 0 aliphatic carbocycles. The van der Waals surface area contributed by atoms with Crippen LogP contribution >= 0.6 is 24.0 Å². The molecule has 1 unspecified atom stereocenters. The van der Waals surface area contributed by atoms with E-state index in [-0.39, 0.29) is 36.6 Å². The first kappa shape index (κ1) is 19.4. The molecule has 1 aromatic carbocycles. The zero-order chi connectivity index (χ0) is 18.1. The van der Waals surface area contributed by atoms with E-state index in [1.165, 1.54) is 9.08 Å². The molecule has 2 aromatic heterocycles. The van der Waals surface area contributed by atoms with Crippen molar-refractivity contribution in [3.8, 4) is 0 Å². The van der Waals surface area contributed by atoms with Crippen LogP contribution in [0.25, 0.3) is 5.65 Å². The predicted molar refractivity (Wildman–Crippen MR) is 105 cm³/mol. The second-order valence-corrected chi connectivity index (χ2v) is 6.67. The number of nitrogens with one attached hydrogen (secondary N) is 1. The standard InChI is InChI=1S/C18H18ClN5O2.ClH/c19-14-5-3-4-13(10-14)15-11-20-7-9-22(15)17(25)12-24-18(26)23-8-2-1-6-16(23)21-24;/h1-6,8,10,15,20H,7,9,11-12H2;1H. The summed E-state index contributed by atoms with van der Waals surface area (Å²) in [5.41, 5.74) is 1.18. The van der Waals surface area contributed by atoms with Crippen molar-refractivity contribution >= 4 is 35.6 Å². The van der Waals surface area contributed by atoms with Crippen LogP contribution in [-0.4, -0.2) is 44.6 Å². The highest BCUT2D eigenvalue weighted by Crippen LogP contribution is 2.24. The van der Waals surface area contributed by atoms with Crippen molar-refractivity contribution < 1.29 is 4.79 Å². The van der Waals surface area contributed by atoms with Crippen molar-refractivity contribution in [2.45, 2.75) is 12.6 Å². The van der Waals surface area contributed by atoms with Crippen LogP contribution in [0.15, 0.2) is 53.5 Å². The van der Waals surface area contributed by atoms with Gasteiger partial charge in [-0.15, -0.1) is 17.5 Å². The number of nitrogens with zero attached hydrogens (tertiary/aromatic N) is 4. The number of piperazine rings is 1. The average molecular weight is 408 g/mol. The van der Waals surface area contributed by atoms with Crippen molar-refractivity contribution in [3.05, 3.63) is 69.7 Å². The summed E-state index contributed by atoms with van der Waals surface area (Å²) >= 11 is 6.11. The summed E-state index contributed by atoms with van der Waals surface area (Å²) in [5.74, 6) is -0.137. The lowest BCUT2D eigenvalue weighted by molar-refractivity contribution is -0.135. The third-order valence-electron chi connectivity index (χ3n) is 4.57. The molecular weight excluding hydrogens is 389 g/mol. The van der Waals surface area contributed by atoms with Gasteiger partial charge >= 0.3 is 5.69 Å². The Kier molecular flexibility index (Phi) is 5.84. The number of rotatable bonds is 3. The van der Waals surface area contributed by atoms with E-state index in [2.05, 4.69) is 10.4 Å². The number of aromatic nitrogens is 3. The van der Waals surface area contributed by atoms with Crippen LogP contribution in [0, 0.1) is 0 Å². The Bertz CT molecular complexity index is 1020. The van der Waals surface area contributed by atoms with Crippen molar-refractivity contribution in [1.29, 1.82) is 0 Å². The summed E-state index contributed by atoms with van der Waals surface area (Å²) in [6.07, 6.45) is 1.64. The van der Waals surface area contributed by atoms with Gasteiger partial charge < -0.3 is 10.2 Å². The molecule has 1 aliphatic rings. The molecule has 7 nitrogen and oxygen atoms in total. The summed E-state index contributed by atoms with van der Waals surface area (Å²) in [6, 6.07) is 12.7. The lowest BCUT2D eigenvalue weighted by atomic mass is 10.0. The number of amides is 1. The Hall–Kier alpha value is -2.35. The molecule has 1 saturated heterocycles. The number of pyridine rings is 1. The van der Waals surface area contributed by atoms with Gasteiger partial charge in [0.2, 0.25) is 5.91 Å². The molecule has 9 heteroatoms. The second-order valence-electron chi connectivity index (χ2n) is 6.23. The van der Waals surface area contributed by atoms with Crippen molar-refractivity contribution in [2.24, 2.45) is 0 Å². The Labute approximate surface area is 166 Å². The van der Waals surface area contributed by atoms with Crippen molar-refractivity contribution in [3.63, 3.8) is 0 Å². The fourth-order valence-corrected chi connectivity index (χ4v) is 3.50. The van der Waals surface area contributed by atoms with Crippen LogP contribution in [0.2, 0.25) is 5.02 Å². The summed E-state index contributed by atoms with van der Waals surface area (Å²) in [7, 11) is 0. The minimum atomic E-state index is -0.316. The SMILES string of the molecule is Cl.O=C(Cn1nc2ccccn2c1=O)N1CCNCC1c1cccc(Cl)c1. The number of hydrogen-bond donors (Lipinski definition) is 1. The fraction of sp³-hybridized carbons (Fsp3) is 0.278. The van der Waals surface area contributed by atoms with Gasteiger partial charge in [0, 0.05) is 30.9 Å². The van der Waals surface area contributed by atoms with Gasteiger partial charge in [-0.05, 0) is 29.8 Å². The molecule has 1 aliphatic heterocycles. The molecule has 1 amide bonds. The van der Waals surface area contributed by atoms with E-state index in [1.54, 1.807) is 29.3 Å². The van der Waals surface area contributed by atoms with Gasteiger partial charge in [-0.3, -0.25) is 9.20 Å². The number of hydrogen-bond acceptors (Lipinski definition) is 4. The number of carbonyl (C=O) groups excluding carboxylic acids is 1. The molecule has 27 heavy (non-hydrogen) atoms. The van der Waals surface area contributed by atoms with Gasteiger partial charge in [-0.25, -0.2) is 9.48 Å². The highest BCUT2D eigenvalue weighted by Gasteiger charge is 2.28. The van der Waals surface area contributed by atoms with Crippen LogP contribution in [-0.2, 0) is 11.3 Å². The van der Waals surface area contributed by atoms with Gasteiger partial charge in [0.15, 0.2) is 5.65 Å². The average Bonchev–Trinajstić information content (AvgIpc) is 2.98. The molecule has 4 rings (SSSR count). The molecule has 1 atom stereocenters. The number of halogens is 2. The fourth-order valence-electron chi connectivity index (χ4n) is 3.30. The van der Waals surface area contributed by atoms with Gasteiger partial charge in [-0.1, -0.05) is 29.8 Å². The maximum absolute atomic E-state index is 12.9.